The van der Waals surface area contributed by atoms with Crippen LogP contribution >= 0.6 is 0 Å². The molecule has 0 saturated carbocycles. The summed E-state index contributed by atoms with van der Waals surface area (Å²) in [6, 6.07) is 7.06. The van der Waals surface area contributed by atoms with Gasteiger partial charge in [-0.05, 0) is 12.1 Å². The normalized spacial score (nSPS) is 10.3. The van der Waals surface area contributed by atoms with Crippen LogP contribution < -0.4 is 4.74 Å². The molecule has 0 aliphatic carbocycles. The highest BCUT2D eigenvalue weighted by atomic mass is 19.4. The van der Waals surface area contributed by atoms with Gasteiger partial charge in [0.05, 0.1) is 24.1 Å². The van der Waals surface area contributed by atoms with Gasteiger partial charge in [0.1, 0.15) is 5.75 Å². The van der Waals surface area contributed by atoms with E-state index in [0.717, 1.165) is 6.07 Å². The summed E-state index contributed by atoms with van der Waals surface area (Å²) in [5, 5.41) is 17.1. The number of hydrogen-bond donors (Lipinski definition) is 0. The minimum atomic E-state index is -4.84. The third kappa shape index (κ3) is 2.89. The maximum absolute atomic E-state index is 12.0. The van der Waals surface area contributed by atoms with Crippen molar-refractivity contribution in [3.05, 3.63) is 29.3 Å². The van der Waals surface area contributed by atoms with Crippen molar-refractivity contribution in [3.8, 4) is 17.9 Å². The van der Waals surface area contributed by atoms with Crippen molar-refractivity contribution in [1.29, 1.82) is 10.5 Å². The molecule has 6 heteroatoms. The highest BCUT2D eigenvalue weighted by molar-refractivity contribution is 5.48. The van der Waals surface area contributed by atoms with Crippen LogP contribution in [0.5, 0.6) is 5.75 Å². The van der Waals surface area contributed by atoms with Gasteiger partial charge in [0.25, 0.3) is 0 Å². The van der Waals surface area contributed by atoms with Crippen LogP contribution in [-0.2, 0) is 6.42 Å². The van der Waals surface area contributed by atoms with Crippen LogP contribution in [0.2, 0.25) is 0 Å². The smallest absolute Gasteiger partial charge is 0.405 e. The van der Waals surface area contributed by atoms with Gasteiger partial charge in [0.2, 0.25) is 0 Å². The Hall–Kier alpha value is -2.21. The second kappa shape index (κ2) is 4.54. The first kappa shape index (κ1) is 11.9. The standard InChI is InChI=1S/C10H5F3N2O/c11-10(12,13)16-9-3-1-2-7(6-15)8(9)4-5-14/h1-3H,4H2. The molecule has 0 bridgehead atoms. The van der Waals surface area contributed by atoms with Gasteiger partial charge in [-0.3, -0.25) is 0 Å². The van der Waals surface area contributed by atoms with E-state index in [2.05, 4.69) is 4.74 Å². The lowest BCUT2D eigenvalue weighted by atomic mass is 10.1. The Balaban J connectivity index is 3.19. The summed E-state index contributed by atoms with van der Waals surface area (Å²) in [7, 11) is 0. The topological polar surface area (TPSA) is 56.8 Å². The van der Waals surface area contributed by atoms with Crippen molar-refractivity contribution in [2.24, 2.45) is 0 Å². The first-order chi connectivity index (χ1) is 7.48. The number of hydrogen-bond acceptors (Lipinski definition) is 3. The van der Waals surface area contributed by atoms with Gasteiger partial charge in [0.15, 0.2) is 0 Å². The van der Waals surface area contributed by atoms with Crippen LogP contribution in [0.15, 0.2) is 18.2 Å². The molecule has 0 saturated heterocycles. The highest BCUT2D eigenvalue weighted by Crippen LogP contribution is 2.28. The van der Waals surface area contributed by atoms with E-state index >= 15 is 0 Å². The molecule has 16 heavy (non-hydrogen) atoms. The summed E-state index contributed by atoms with van der Waals surface area (Å²) in [5.41, 5.74) is -0.0480. The molecule has 0 aliphatic rings. The van der Waals surface area contributed by atoms with Crippen molar-refractivity contribution < 1.29 is 17.9 Å². The van der Waals surface area contributed by atoms with Gasteiger partial charge < -0.3 is 4.74 Å². The molecule has 0 fully saturated rings. The zero-order chi connectivity index (χ0) is 12.2. The quantitative estimate of drug-likeness (QED) is 0.778. The van der Waals surface area contributed by atoms with Crippen LogP contribution in [0.1, 0.15) is 11.1 Å². The fourth-order valence-corrected chi connectivity index (χ4v) is 1.15. The Labute approximate surface area is 89.3 Å². The summed E-state index contributed by atoms with van der Waals surface area (Å²) in [6.07, 6.45) is -5.15. The zero-order valence-corrected chi connectivity index (χ0v) is 7.88. The second-order valence-corrected chi connectivity index (χ2v) is 2.78. The average molecular weight is 226 g/mol. The van der Waals surface area contributed by atoms with Crippen LogP contribution in [0.3, 0.4) is 0 Å². The molecule has 3 nitrogen and oxygen atoms in total. The number of nitriles is 2. The first-order valence-corrected chi connectivity index (χ1v) is 4.12. The fourth-order valence-electron chi connectivity index (χ4n) is 1.15. The summed E-state index contributed by atoms with van der Waals surface area (Å²) in [4.78, 5) is 0. The molecule has 1 rings (SSSR count). The first-order valence-electron chi connectivity index (χ1n) is 4.12. The lowest BCUT2D eigenvalue weighted by Gasteiger charge is -2.12. The number of rotatable bonds is 2. The van der Waals surface area contributed by atoms with Crippen LogP contribution in [0.25, 0.3) is 0 Å². The van der Waals surface area contributed by atoms with E-state index in [0.29, 0.717) is 0 Å². The number of ether oxygens (including phenoxy) is 1. The molecule has 0 spiro atoms. The van der Waals surface area contributed by atoms with Crippen molar-refractivity contribution in [2.75, 3.05) is 0 Å². The third-order valence-electron chi connectivity index (χ3n) is 1.74. The number of alkyl halides is 3. The maximum Gasteiger partial charge on any atom is 0.573 e. The Bertz CT molecular complexity index is 468. The Morgan fingerprint density at radius 1 is 1.25 bits per heavy atom. The summed E-state index contributed by atoms with van der Waals surface area (Å²) < 4.78 is 39.8. The van der Waals surface area contributed by atoms with Crippen molar-refractivity contribution in [3.63, 3.8) is 0 Å². The second-order valence-electron chi connectivity index (χ2n) is 2.78. The zero-order valence-electron chi connectivity index (χ0n) is 7.88. The Morgan fingerprint density at radius 3 is 2.44 bits per heavy atom. The summed E-state index contributed by atoms with van der Waals surface area (Å²) in [5.74, 6) is -0.506. The van der Waals surface area contributed by atoms with Gasteiger partial charge in [0, 0.05) is 5.56 Å². The molecule has 1 aromatic carbocycles. The van der Waals surface area contributed by atoms with Crippen molar-refractivity contribution >= 4 is 0 Å². The molecule has 82 valence electrons. The number of nitrogens with zero attached hydrogens (tertiary/aromatic N) is 2. The molecular weight excluding hydrogens is 221 g/mol. The molecule has 0 N–H and O–H groups in total. The molecule has 0 aromatic heterocycles. The Morgan fingerprint density at radius 2 is 1.94 bits per heavy atom. The largest absolute Gasteiger partial charge is 0.573 e. The lowest BCUT2D eigenvalue weighted by molar-refractivity contribution is -0.274. The minimum Gasteiger partial charge on any atom is -0.405 e. The average Bonchev–Trinajstić information content (AvgIpc) is 2.18. The van der Waals surface area contributed by atoms with Gasteiger partial charge in [-0.2, -0.15) is 10.5 Å². The van der Waals surface area contributed by atoms with E-state index in [1.165, 1.54) is 12.1 Å². The molecule has 0 amide bonds. The SMILES string of the molecule is N#CCc1c(C#N)cccc1OC(F)(F)F. The third-order valence-corrected chi connectivity index (χ3v) is 1.74. The fraction of sp³-hybridized carbons (Fsp3) is 0.200. The maximum atomic E-state index is 12.0. The van der Waals surface area contributed by atoms with E-state index in [9.17, 15) is 13.2 Å². The molecule has 0 radical (unpaired) electrons. The summed E-state index contributed by atoms with van der Waals surface area (Å²) in [6.45, 7) is 0. The van der Waals surface area contributed by atoms with Crippen molar-refractivity contribution in [2.45, 2.75) is 12.8 Å². The molecule has 1 aromatic rings. The van der Waals surface area contributed by atoms with Crippen LogP contribution in [0.4, 0.5) is 13.2 Å². The lowest BCUT2D eigenvalue weighted by Crippen LogP contribution is -2.18. The van der Waals surface area contributed by atoms with Crippen molar-refractivity contribution in [1.82, 2.24) is 0 Å². The van der Waals surface area contributed by atoms with E-state index in [4.69, 9.17) is 10.5 Å². The predicted molar refractivity (Wildman–Crippen MR) is 47.2 cm³/mol. The van der Waals surface area contributed by atoms with E-state index in [-0.39, 0.29) is 17.5 Å². The van der Waals surface area contributed by atoms with Gasteiger partial charge in [-0.1, -0.05) is 6.07 Å². The van der Waals surface area contributed by atoms with E-state index in [1.807, 2.05) is 0 Å². The monoisotopic (exact) mass is 226 g/mol. The molecular formula is C10H5F3N2O. The summed E-state index contributed by atoms with van der Waals surface area (Å²) >= 11 is 0. The van der Waals surface area contributed by atoms with Gasteiger partial charge in [-0.25, -0.2) is 0 Å². The number of halogens is 3. The van der Waals surface area contributed by atoms with Gasteiger partial charge >= 0.3 is 6.36 Å². The van der Waals surface area contributed by atoms with E-state index < -0.39 is 12.1 Å². The Kier molecular flexibility index (Phi) is 3.37. The minimum absolute atomic E-state index is 0.00306. The predicted octanol–water partition coefficient (Wildman–Crippen LogP) is 2.52. The highest BCUT2D eigenvalue weighted by Gasteiger charge is 2.32. The molecule has 0 heterocycles. The van der Waals surface area contributed by atoms with Crippen LogP contribution in [0, 0.1) is 22.7 Å². The number of benzene rings is 1. The molecule has 0 unspecified atom stereocenters. The van der Waals surface area contributed by atoms with Crippen LogP contribution in [-0.4, -0.2) is 6.36 Å². The molecule has 0 aliphatic heterocycles. The van der Waals surface area contributed by atoms with Gasteiger partial charge in [-0.15, -0.1) is 13.2 Å². The van der Waals surface area contributed by atoms with E-state index in [1.54, 1.807) is 12.1 Å². The molecule has 0 atom stereocenters.